The van der Waals surface area contributed by atoms with Crippen molar-refractivity contribution in [2.75, 3.05) is 43.0 Å². The predicted octanol–water partition coefficient (Wildman–Crippen LogP) is 5.32. The smallest absolute Gasteiger partial charge is 0.255 e. The van der Waals surface area contributed by atoms with Crippen LogP contribution in [0.25, 0.3) is 0 Å². The molecule has 1 fully saturated rings. The molecule has 36 heavy (non-hydrogen) atoms. The lowest BCUT2D eigenvalue weighted by Gasteiger charge is -2.36. The highest BCUT2D eigenvalue weighted by molar-refractivity contribution is 6.04. The van der Waals surface area contributed by atoms with Crippen LogP contribution in [-0.4, -0.2) is 49.5 Å². The fraction of sp³-hybridized carbons (Fsp3) is 0.333. The first kappa shape index (κ1) is 25.3. The Bertz CT molecular complexity index is 1150. The molecule has 1 aliphatic heterocycles. The van der Waals surface area contributed by atoms with Crippen LogP contribution < -0.4 is 15.0 Å². The zero-order chi connectivity index (χ0) is 25.3. The molecule has 1 N–H and O–H groups in total. The van der Waals surface area contributed by atoms with Crippen LogP contribution in [0.3, 0.4) is 0 Å². The summed E-state index contributed by atoms with van der Waals surface area (Å²) < 4.78 is 5.66. The van der Waals surface area contributed by atoms with Gasteiger partial charge in [0.05, 0.1) is 13.0 Å². The molecule has 1 aliphatic rings. The standard InChI is InChI=1S/C30H35N3O3/c1-3-4-20-36-28-14-8-25(9-15-28)30(35)31-26-10-12-27(13-11-26)32-16-18-33(19-17-32)29(34)22-24-7-5-6-23(2)21-24/h5-15,21H,3-4,16-20,22H2,1-2H3,(H,31,35). The third-order valence-electron chi connectivity index (χ3n) is 6.44. The van der Waals surface area contributed by atoms with Gasteiger partial charge in [-0.25, -0.2) is 0 Å². The summed E-state index contributed by atoms with van der Waals surface area (Å²) in [5.41, 5.74) is 4.67. The van der Waals surface area contributed by atoms with Gasteiger partial charge in [0.1, 0.15) is 5.75 Å². The van der Waals surface area contributed by atoms with E-state index in [4.69, 9.17) is 4.74 Å². The van der Waals surface area contributed by atoms with Crippen molar-refractivity contribution in [3.63, 3.8) is 0 Å². The second-order valence-electron chi connectivity index (χ2n) is 9.26. The van der Waals surface area contributed by atoms with Crippen LogP contribution >= 0.6 is 0 Å². The Morgan fingerprint density at radius 3 is 2.31 bits per heavy atom. The number of hydrogen-bond donors (Lipinski definition) is 1. The molecule has 2 amide bonds. The molecule has 0 bridgehead atoms. The molecule has 0 aromatic heterocycles. The third kappa shape index (κ3) is 6.87. The summed E-state index contributed by atoms with van der Waals surface area (Å²) in [5, 5.41) is 2.96. The number of benzene rings is 3. The van der Waals surface area contributed by atoms with Crippen LogP contribution in [0.5, 0.6) is 5.75 Å². The van der Waals surface area contributed by atoms with Crippen molar-refractivity contribution in [2.24, 2.45) is 0 Å². The second-order valence-corrected chi connectivity index (χ2v) is 9.26. The number of amides is 2. The third-order valence-corrected chi connectivity index (χ3v) is 6.44. The number of piperazine rings is 1. The number of rotatable bonds is 9. The van der Waals surface area contributed by atoms with E-state index in [1.165, 1.54) is 5.56 Å². The molecule has 0 atom stereocenters. The van der Waals surface area contributed by atoms with Crippen LogP contribution in [0.2, 0.25) is 0 Å². The van der Waals surface area contributed by atoms with Gasteiger partial charge in [-0.15, -0.1) is 0 Å². The molecule has 1 heterocycles. The van der Waals surface area contributed by atoms with Crippen LogP contribution in [0.15, 0.2) is 72.8 Å². The minimum atomic E-state index is -0.149. The Balaban J connectivity index is 1.25. The topological polar surface area (TPSA) is 61.9 Å². The number of aryl methyl sites for hydroxylation is 1. The lowest BCUT2D eigenvalue weighted by molar-refractivity contribution is -0.130. The summed E-state index contributed by atoms with van der Waals surface area (Å²) in [6.45, 7) is 7.86. The Labute approximate surface area is 213 Å². The summed E-state index contributed by atoms with van der Waals surface area (Å²) in [5.74, 6) is 0.809. The molecular formula is C30H35N3O3. The molecule has 1 saturated heterocycles. The minimum absolute atomic E-state index is 0.149. The monoisotopic (exact) mass is 485 g/mol. The molecule has 0 spiro atoms. The fourth-order valence-corrected chi connectivity index (χ4v) is 4.32. The number of hydrogen-bond acceptors (Lipinski definition) is 4. The molecule has 3 aromatic rings. The van der Waals surface area contributed by atoms with Crippen LogP contribution in [0.4, 0.5) is 11.4 Å². The zero-order valence-corrected chi connectivity index (χ0v) is 21.2. The summed E-state index contributed by atoms with van der Waals surface area (Å²) >= 11 is 0. The molecule has 4 rings (SSSR count). The molecule has 0 unspecified atom stereocenters. The molecular weight excluding hydrogens is 450 g/mol. The van der Waals surface area contributed by atoms with Gasteiger partial charge < -0.3 is 19.9 Å². The van der Waals surface area contributed by atoms with Crippen LogP contribution in [0.1, 0.15) is 41.3 Å². The second kappa shape index (κ2) is 12.2. The minimum Gasteiger partial charge on any atom is -0.494 e. The van der Waals surface area contributed by atoms with Crippen molar-refractivity contribution in [1.82, 2.24) is 4.90 Å². The van der Waals surface area contributed by atoms with E-state index in [0.29, 0.717) is 31.7 Å². The maximum atomic E-state index is 12.7. The van der Waals surface area contributed by atoms with E-state index < -0.39 is 0 Å². The van der Waals surface area contributed by atoms with Gasteiger partial charge in [-0.2, -0.15) is 0 Å². The van der Waals surface area contributed by atoms with Crippen molar-refractivity contribution in [3.05, 3.63) is 89.5 Å². The molecule has 0 aliphatic carbocycles. The van der Waals surface area contributed by atoms with Crippen LogP contribution in [-0.2, 0) is 11.2 Å². The quantitative estimate of drug-likeness (QED) is 0.417. The molecule has 0 radical (unpaired) electrons. The maximum Gasteiger partial charge on any atom is 0.255 e. The largest absolute Gasteiger partial charge is 0.494 e. The van der Waals surface area contributed by atoms with Gasteiger partial charge in [-0.1, -0.05) is 43.2 Å². The number of ether oxygens (including phenoxy) is 1. The summed E-state index contributed by atoms with van der Waals surface area (Å²) in [7, 11) is 0. The van der Waals surface area contributed by atoms with Crippen LogP contribution in [0, 0.1) is 6.92 Å². The predicted molar refractivity (Wildman–Crippen MR) is 145 cm³/mol. The number of anilines is 2. The molecule has 188 valence electrons. The molecule has 6 heteroatoms. The Morgan fingerprint density at radius 1 is 0.917 bits per heavy atom. The van der Waals surface area contributed by atoms with Gasteiger partial charge in [-0.3, -0.25) is 9.59 Å². The number of nitrogens with one attached hydrogen (secondary N) is 1. The summed E-state index contributed by atoms with van der Waals surface area (Å²) in [4.78, 5) is 29.6. The Kier molecular flexibility index (Phi) is 8.61. The van der Waals surface area contributed by atoms with Gasteiger partial charge in [0.2, 0.25) is 5.91 Å². The SMILES string of the molecule is CCCCOc1ccc(C(=O)Nc2ccc(N3CCN(C(=O)Cc4cccc(C)c4)CC3)cc2)cc1. The molecule has 6 nitrogen and oxygen atoms in total. The summed E-state index contributed by atoms with van der Waals surface area (Å²) in [6, 6.07) is 23.2. The van der Waals surface area contributed by atoms with E-state index in [-0.39, 0.29) is 11.8 Å². The van der Waals surface area contributed by atoms with Crippen molar-refractivity contribution < 1.29 is 14.3 Å². The van der Waals surface area contributed by atoms with Crippen molar-refractivity contribution in [1.29, 1.82) is 0 Å². The van der Waals surface area contributed by atoms with Crippen molar-refractivity contribution in [2.45, 2.75) is 33.1 Å². The van der Waals surface area contributed by atoms with E-state index in [1.54, 1.807) is 12.1 Å². The lowest BCUT2D eigenvalue weighted by Crippen LogP contribution is -2.49. The van der Waals surface area contributed by atoms with E-state index >= 15 is 0 Å². The zero-order valence-electron chi connectivity index (χ0n) is 21.2. The highest BCUT2D eigenvalue weighted by Crippen LogP contribution is 2.21. The average Bonchev–Trinajstić information content (AvgIpc) is 2.90. The van der Waals surface area contributed by atoms with Gasteiger partial charge in [0, 0.05) is 43.1 Å². The first-order chi connectivity index (χ1) is 17.5. The van der Waals surface area contributed by atoms with Gasteiger partial charge >= 0.3 is 0 Å². The fourth-order valence-electron chi connectivity index (χ4n) is 4.32. The maximum absolute atomic E-state index is 12.7. The van der Waals surface area contributed by atoms with Crippen molar-refractivity contribution >= 4 is 23.2 Å². The van der Waals surface area contributed by atoms with Gasteiger partial charge in [0.25, 0.3) is 5.91 Å². The highest BCUT2D eigenvalue weighted by Gasteiger charge is 2.21. The highest BCUT2D eigenvalue weighted by atomic mass is 16.5. The summed E-state index contributed by atoms with van der Waals surface area (Å²) in [6.07, 6.45) is 2.55. The number of carbonyl (C=O) groups excluding carboxylic acids is 2. The van der Waals surface area contributed by atoms with E-state index in [1.807, 2.05) is 66.4 Å². The Morgan fingerprint density at radius 2 is 1.64 bits per heavy atom. The van der Waals surface area contributed by atoms with Crippen molar-refractivity contribution in [3.8, 4) is 5.75 Å². The van der Waals surface area contributed by atoms with E-state index in [9.17, 15) is 9.59 Å². The number of carbonyl (C=O) groups is 2. The van der Waals surface area contributed by atoms with E-state index in [0.717, 1.165) is 48.6 Å². The van der Waals surface area contributed by atoms with E-state index in [2.05, 4.69) is 23.2 Å². The molecule has 0 saturated carbocycles. The normalized spacial score (nSPS) is 13.4. The van der Waals surface area contributed by atoms with Gasteiger partial charge in [-0.05, 0) is 67.4 Å². The molecule has 3 aromatic carbocycles. The first-order valence-electron chi connectivity index (χ1n) is 12.7. The Hall–Kier alpha value is -3.80. The lowest BCUT2D eigenvalue weighted by atomic mass is 10.1. The number of nitrogens with zero attached hydrogens (tertiary/aromatic N) is 2. The number of unbranched alkanes of at least 4 members (excludes halogenated alkanes) is 1. The average molecular weight is 486 g/mol. The van der Waals surface area contributed by atoms with Gasteiger partial charge in [0.15, 0.2) is 0 Å². The first-order valence-corrected chi connectivity index (χ1v) is 12.7.